The Bertz CT molecular complexity index is 895. The molecule has 4 rings (SSSR count). The fourth-order valence-corrected chi connectivity index (χ4v) is 4.30. The molecule has 0 radical (unpaired) electrons. The molecule has 0 saturated carbocycles. The van der Waals surface area contributed by atoms with Gasteiger partial charge >= 0.3 is 16.5 Å². The number of nitrogens with two attached hydrogens (primary N) is 1. The Morgan fingerprint density at radius 3 is 2.56 bits per heavy atom. The number of hydrogen-bond donors (Lipinski definition) is 4. The number of ether oxygens (including phenoxy) is 1. The SMILES string of the molecule is Nc1ncnc2c1ncn2[C@@H]1O[C@H](C(O)C2O[P+](=O)O[P+](=O)O2)[C@@H](O)[C@H]1O. The normalized spacial score (nSPS) is 35.6. The summed E-state index contributed by atoms with van der Waals surface area (Å²) in [5, 5.41) is 31.0. The number of aromatic nitrogens is 4. The highest BCUT2D eigenvalue weighted by atomic mass is 31.2. The van der Waals surface area contributed by atoms with E-state index in [0.29, 0.717) is 0 Å². The van der Waals surface area contributed by atoms with E-state index in [1.165, 1.54) is 17.2 Å². The lowest BCUT2D eigenvalue weighted by Gasteiger charge is -2.22. The van der Waals surface area contributed by atoms with Crippen LogP contribution in [0.2, 0.25) is 0 Å². The number of nitrogen functional groups attached to an aromatic ring is 1. The van der Waals surface area contributed by atoms with Crippen molar-refractivity contribution in [2.24, 2.45) is 0 Å². The van der Waals surface area contributed by atoms with E-state index in [1.807, 2.05) is 0 Å². The van der Waals surface area contributed by atoms with Crippen LogP contribution >= 0.6 is 16.5 Å². The summed E-state index contributed by atoms with van der Waals surface area (Å²) in [5.41, 5.74) is 6.20. The molecule has 5 N–H and O–H groups in total. The Hall–Kier alpha value is -1.73. The first-order valence-electron chi connectivity index (χ1n) is 7.45. The predicted molar refractivity (Wildman–Crippen MR) is 83.9 cm³/mol. The zero-order chi connectivity index (χ0) is 19.3. The molecule has 7 atom stereocenters. The second kappa shape index (κ2) is 7.02. The molecule has 2 aromatic heterocycles. The maximum Gasteiger partial charge on any atom is 0.750 e. The maximum absolute atomic E-state index is 11.3. The van der Waals surface area contributed by atoms with Crippen molar-refractivity contribution in [1.82, 2.24) is 19.5 Å². The van der Waals surface area contributed by atoms with Gasteiger partial charge in [-0.15, -0.1) is 0 Å². The first kappa shape index (κ1) is 18.6. The highest BCUT2D eigenvalue weighted by Gasteiger charge is 2.59. The Labute approximate surface area is 151 Å². The summed E-state index contributed by atoms with van der Waals surface area (Å²) in [4.78, 5) is 11.9. The summed E-state index contributed by atoms with van der Waals surface area (Å²) < 4.78 is 43.2. The lowest BCUT2D eigenvalue weighted by molar-refractivity contribution is -0.167. The van der Waals surface area contributed by atoms with Crippen LogP contribution in [0, 0.1) is 0 Å². The quantitative estimate of drug-likeness (QED) is 0.444. The number of fused-ring (bicyclic) bond motifs is 1. The minimum Gasteiger partial charge on any atom is -0.387 e. The van der Waals surface area contributed by atoms with E-state index in [-0.39, 0.29) is 17.0 Å². The highest BCUT2D eigenvalue weighted by molar-refractivity contribution is 7.48. The molecule has 0 amide bonds. The zero-order valence-electron chi connectivity index (χ0n) is 13.2. The van der Waals surface area contributed by atoms with Gasteiger partial charge in [0, 0.05) is 9.13 Å². The fraction of sp³-hybridized carbons (Fsp3) is 0.545. The molecule has 27 heavy (non-hydrogen) atoms. The zero-order valence-corrected chi connectivity index (χ0v) is 15.0. The van der Waals surface area contributed by atoms with Gasteiger partial charge in [-0.1, -0.05) is 9.05 Å². The van der Waals surface area contributed by atoms with Crippen molar-refractivity contribution in [3.63, 3.8) is 0 Å². The van der Waals surface area contributed by atoms with Crippen LogP contribution < -0.4 is 5.73 Å². The second-order valence-electron chi connectivity index (χ2n) is 5.65. The minimum absolute atomic E-state index is 0.111. The number of anilines is 1. The molecular weight excluding hydrogens is 408 g/mol. The number of aliphatic hydroxyl groups excluding tert-OH is 3. The van der Waals surface area contributed by atoms with Crippen LogP contribution in [0.5, 0.6) is 0 Å². The second-order valence-corrected chi connectivity index (χ2v) is 7.62. The summed E-state index contributed by atoms with van der Waals surface area (Å²) in [6.45, 7) is 0. The summed E-state index contributed by atoms with van der Waals surface area (Å²) in [6, 6.07) is 0. The number of rotatable bonds is 3. The van der Waals surface area contributed by atoms with Gasteiger partial charge in [-0.3, -0.25) is 4.57 Å². The van der Waals surface area contributed by atoms with Crippen LogP contribution in [0.1, 0.15) is 6.23 Å². The number of hydrogen-bond acceptors (Lipinski definition) is 13. The highest BCUT2D eigenvalue weighted by Crippen LogP contribution is 2.49. The minimum atomic E-state index is -2.78. The third-order valence-corrected chi connectivity index (χ3v) is 5.89. The maximum atomic E-state index is 11.3. The summed E-state index contributed by atoms with van der Waals surface area (Å²) in [5.74, 6) is 0.111. The van der Waals surface area contributed by atoms with Gasteiger partial charge in [-0.25, -0.2) is 15.0 Å². The van der Waals surface area contributed by atoms with Gasteiger partial charge in [0.25, 0.3) is 6.29 Å². The average molecular weight is 421 g/mol. The summed E-state index contributed by atoms with van der Waals surface area (Å²) >= 11 is 0. The van der Waals surface area contributed by atoms with E-state index in [0.717, 1.165) is 0 Å². The van der Waals surface area contributed by atoms with Crippen molar-refractivity contribution in [1.29, 1.82) is 0 Å². The molecule has 0 spiro atoms. The van der Waals surface area contributed by atoms with Gasteiger partial charge < -0.3 is 25.8 Å². The Balaban J connectivity index is 1.59. The molecule has 14 nitrogen and oxygen atoms in total. The van der Waals surface area contributed by atoms with Crippen LogP contribution in [-0.4, -0.2) is 65.5 Å². The summed E-state index contributed by atoms with van der Waals surface area (Å²) in [7, 11) is -5.56. The molecule has 4 heterocycles. The van der Waals surface area contributed by atoms with Crippen molar-refractivity contribution >= 4 is 33.5 Å². The van der Waals surface area contributed by atoms with Crippen LogP contribution in [0.4, 0.5) is 5.82 Å². The first-order chi connectivity index (χ1) is 12.9. The molecule has 3 unspecified atom stereocenters. The van der Waals surface area contributed by atoms with E-state index in [4.69, 9.17) is 19.5 Å². The summed E-state index contributed by atoms with van der Waals surface area (Å²) in [6.07, 6.45) is -6.65. The van der Waals surface area contributed by atoms with Crippen LogP contribution in [0.15, 0.2) is 12.7 Å². The lowest BCUT2D eigenvalue weighted by Crippen LogP contribution is -2.46. The molecule has 2 saturated heterocycles. The predicted octanol–water partition coefficient (Wildman–Crippen LogP) is -0.907. The number of aliphatic hydroxyl groups is 3. The van der Waals surface area contributed by atoms with Gasteiger partial charge in [0.15, 0.2) is 22.0 Å². The Morgan fingerprint density at radius 2 is 1.85 bits per heavy atom. The Kier molecular flexibility index (Phi) is 4.84. The molecule has 144 valence electrons. The van der Waals surface area contributed by atoms with Crippen molar-refractivity contribution < 1.29 is 42.5 Å². The smallest absolute Gasteiger partial charge is 0.387 e. The third-order valence-electron chi connectivity index (χ3n) is 4.07. The van der Waals surface area contributed by atoms with E-state index in [2.05, 4.69) is 19.3 Å². The fourth-order valence-electron chi connectivity index (χ4n) is 2.82. The van der Waals surface area contributed by atoms with Crippen LogP contribution in [0.25, 0.3) is 11.2 Å². The van der Waals surface area contributed by atoms with Gasteiger partial charge in [-0.2, -0.15) is 0 Å². The molecule has 0 aromatic carbocycles. The third kappa shape index (κ3) is 3.21. The van der Waals surface area contributed by atoms with E-state index in [1.54, 1.807) is 0 Å². The van der Waals surface area contributed by atoms with E-state index < -0.39 is 53.4 Å². The Morgan fingerprint density at radius 1 is 1.15 bits per heavy atom. The largest absolute Gasteiger partial charge is 0.750 e. The first-order valence-corrected chi connectivity index (χ1v) is 9.64. The molecule has 2 fully saturated rings. The molecular formula is C11H13N5O9P2+2. The molecule has 2 aliphatic rings. The molecule has 0 bridgehead atoms. The standard InChI is InChI=1S/C11H13N5O9P2/c12-8-3-9(14-1-13-8)16(2-15-3)10-5(18)4(17)7(22-10)6(19)11-23-26(20)25-27(21)24-11/h1-2,4-7,10-11,17-19H,(H2,12,13,14)/q+2/t4-,5+,6?,7-,10+/m0/s1. The van der Waals surface area contributed by atoms with Gasteiger partial charge in [0.2, 0.25) is 0 Å². The van der Waals surface area contributed by atoms with Crippen molar-refractivity contribution in [2.45, 2.75) is 36.9 Å². The van der Waals surface area contributed by atoms with E-state index in [9.17, 15) is 24.4 Å². The van der Waals surface area contributed by atoms with E-state index >= 15 is 0 Å². The molecule has 2 aromatic rings. The number of nitrogens with zero attached hydrogens (tertiary/aromatic N) is 4. The van der Waals surface area contributed by atoms with Gasteiger partial charge in [-0.05, 0) is 0 Å². The number of imidazole rings is 1. The van der Waals surface area contributed by atoms with Crippen molar-refractivity contribution in [3.8, 4) is 0 Å². The molecule has 16 heteroatoms. The van der Waals surface area contributed by atoms with Gasteiger partial charge in [0.1, 0.15) is 36.3 Å². The lowest BCUT2D eigenvalue weighted by atomic mass is 10.1. The monoisotopic (exact) mass is 421 g/mol. The van der Waals surface area contributed by atoms with Gasteiger partial charge in [0.05, 0.1) is 6.33 Å². The molecule has 2 aliphatic heterocycles. The van der Waals surface area contributed by atoms with Crippen molar-refractivity contribution in [3.05, 3.63) is 12.7 Å². The van der Waals surface area contributed by atoms with Crippen LogP contribution in [0.3, 0.4) is 0 Å². The molecule has 0 aliphatic carbocycles. The average Bonchev–Trinajstić information content (AvgIpc) is 3.17. The van der Waals surface area contributed by atoms with Crippen LogP contribution in [-0.2, 0) is 27.2 Å². The topological polar surface area (TPSA) is 201 Å². The van der Waals surface area contributed by atoms with Crippen molar-refractivity contribution in [2.75, 3.05) is 5.73 Å².